The van der Waals surface area contributed by atoms with E-state index in [2.05, 4.69) is 17.4 Å². The zero-order chi connectivity index (χ0) is 12.8. The molecule has 4 atom stereocenters. The van der Waals surface area contributed by atoms with Crippen molar-refractivity contribution in [3.05, 3.63) is 29.8 Å². The van der Waals surface area contributed by atoms with Crippen LogP contribution >= 0.6 is 0 Å². The Kier molecular flexibility index (Phi) is 2.80. The van der Waals surface area contributed by atoms with Crippen LogP contribution in [0.3, 0.4) is 0 Å². The summed E-state index contributed by atoms with van der Waals surface area (Å²) in [5, 5.41) is 3.82. The molecule has 19 heavy (non-hydrogen) atoms. The van der Waals surface area contributed by atoms with Gasteiger partial charge < -0.3 is 11.1 Å². The number of hydrogen-bond acceptors (Lipinski definition) is 2. The van der Waals surface area contributed by atoms with Crippen molar-refractivity contribution in [2.45, 2.75) is 38.1 Å². The Labute approximate surface area is 115 Å². The molecule has 102 valence electrons. The molecule has 0 saturated heterocycles. The van der Waals surface area contributed by atoms with E-state index >= 15 is 0 Å². The van der Waals surface area contributed by atoms with Gasteiger partial charge in [0.05, 0.1) is 0 Å². The molecule has 0 heterocycles. The van der Waals surface area contributed by atoms with Crippen molar-refractivity contribution in [3.63, 3.8) is 0 Å². The van der Waals surface area contributed by atoms with E-state index in [9.17, 15) is 0 Å². The van der Waals surface area contributed by atoms with E-state index in [1.54, 1.807) is 6.42 Å². The smallest absolute Gasteiger partial charge is 0.0314 e. The monoisotopic (exact) mass is 256 g/mol. The fourth-order valence-corrected chi connectivity index (χ4v) is 4.84. The van der Waals surface area contributed by atoms with Crippen molar-refractivity contribution in [2.75, 3.05) is 12.3 Å². The number of aryl methyl sites for hydroxylation is 1. The summed E-state index contributed by atoms with van der Waals surface area (Å²) < 4.78 is 0. The van der Waals surface area contributed by atoms with Gasteiger partial charge in [-0.2, -0.15) is 0 Å². The van der Waals surface area contributed by atoms with Gasteiger partial charge >= 0.3 is 0 Å². The van der Waals surface area contributed by atoms with Crippen LogP contribution in [0.2, 0.25) is 0 Å². The zero-order valence-corrected chi connectivity index (χ0v) is 11.5. The zero-order valence-electron chi connectivity index (χ0n) is 11.5. The van der Waals surface area contributed by atoms with Crippen LogP contribution in [0.15, 0.2) is 24.3 Å². The van der Waals surface area contributed by atoms with Crippen molar-refractivity contribution < 1.29 is 0 Å². The Morgan fingerprint density at radius 3 is 2.42 bits per heavy atom. The van der Waals surface area contributed by atoms with Gasteiger partial charge in [-0.3, -0.25) is 0 Å². The quantitative estimate of drug-likeness (QED) is 0.628. The highest BCUT2D eigenvalue weighted by atomic mass is 15.0. The lowest BCUT2D eigenvalue weighted by atomic mass is 10.0. The van der Waals surface area contributed by atoms with Crippen LogP contribution in [-0.4, -0.2) is 12.6 Å². The minimum absolute atomic E-state index is 0.864. The normalized spacial score (nSPS) is 38.4. The number of fused-ring (bicyclic) bond motifs is 5. The van der Waals surface area contributed by atoms with Gasteiger partial charge in [-0.1, -0.05) is 12.1 Å². The standard InChI is InChI=1S/C17H24N2/c18-14-7-3-11(4-8-14)2-1-9-19-17-15-12-5-6-13(10-12)16(15)17/h3-4,7-8,12-13,15-17,19H,1-2,5-6,9-10,18H2. The van der Waals surface area contributed by atoms with Crippen molar-refractivity contribution >= 4 is 5.69 Å². The molecule has 4 unspecified atom stereocenters. The molecule has 0 amide bonds. The molecule has 1 aromatic carbocycles. The van der Waals surface area contributed by atoms with Crippen molar-refractivity contribution in [2.24, 2.45) is 23.7 Å². The van der Waals surface area contributed by atoms with E-state index < -0.39 is 0 Å². The number of nitrogens with one attached hydrogen (secondary N) is 1. The number of hydrogen-bond donors (Lipinski definition) is 2. The fourth-order valence-electron chi connectivity index (χ4n) is 4.84. The summed E-state index contributed by atoms with van der Waals surface area (Å²) >= 11 is 0. The van der Waals surface area contributed by atoms with E-state index in [0.29, 0.717) is 0 Å². The maximum absolute atomic E-state index is 5.70. The first-order valence-corrected chi connectivity index (χ1v) is 7.91. The van der Waals surface area contributed by atoms with E-state index in [1.807, 2.05) is 12.1 Å². The van der Waals surface area contributed by atoms with Gasteiger partial charge in [-0.25, -0.2) is 0 Å². The molecule has 2 bridgehead atoms. The number of nitrogens with two attached hydrogens (primary N) is 1. The summed E-state index contributed by atoms with van der Waals surface area (Å²) in [4.78, 5) is 0. The third kappa shape index (κ3) is 2.06. The van der Waals surface area contributed by atoms with Gasteiger partial charge in [-0.15, -0.1) is 0 Å². The van der Waals surface area contributed by atoms with Gasteiger partial charge in [-0.05, 0) is 80.0 Å². The minimum Gasteiger partial charge on any atom is -0.399 e. The molecule has 3 aliphatic rings. The van der Waals surface area contributed by atoms with E-state index in [0.717, 1.165) is 35.4 Å². The summed E-state index contributed by atoms with van der Waals surface area (Å²) in [5.74, 6) is 4.31. The van der Waals surface area contributed by atoms with Crippen LogP contribution in [0.4, 0.5) is 5.69 Å². The Balaban J connectivity index is 1.20. The first kappa shape index (κ1) is 11.8. The topological polar surface area (TPSA) is 38.0 Å². The Morgan fingerprint density at radius 2 is 1.74 bits per heavy atom. The number of nitrogen functional groups attached to an aromatic ring is 1. The second kappa shape index (κ2) is 4.52. The highest BCUT2D eigenvalue weighted by Gasteiger charge is 2.64. The third-order valence-electron chi connectivity index (χ3n) is 5.74. The van der Waals surface area contributed by atoms with Crippen LogP contribution in [0.1, 0.15) is 31.2 Å². The molecule has 4 rings (SSSR count). The lowest BCUT2D eigenvalue weighted by Crippen LogP contribution is -2.24. The van der Waals surface area contributed by atoms with Crippen LogP contribution in [-0.2, 0) is 6.42 Å². The molecule has 2 nitrogen and oxygen atoms in total. The molecule has 0 aliphatic heterocycles. The summed E-state index contributed by atoms with van der Waals surface area (Å²) in [6, 6.07) is 9.21. The molecule has 3 N–H and O–H groups in total. The number of rotatable bonds is 5. The van der Waals surface area contributed by atoms with Crippen molar-refractivity contribution in [1.29, 1.82) is 0 Å². The largest absolute Gasteiger partial charge is 0.399 e. The SMILES string of the molecule is Nc1ccc(CCCNC2C3C4CCC(C4)C23)cc1. The Morgan fingerprint density at radius 1 is 1.05 bits per heavy atom. The minimum atomic E-state index is 0.864. The molecule has 0 radical (unpaired) electrons. The summed E-state index contributed by atoms with van der Waals surface area (Å²) in [7, 11) is 0. The van der Waals surface area contributed by atoms with Gasteiger partial charge in [0.15, 0.2) is 0 Å². The second-order valence-corrected chi connectivity index (χ2v) is 6.81. The Hall–Kier alpha value is -1.02. The van der Waals surface area contributed by atoms with Crippen LogP contribution in [0.5, 0.6) is 0 Å². The predicted octanol–water partition coefficient (Wildman–Crippen LogP) is 2.84. The van der Waals surface area contributed by atoms with Gasteiger partial charge in [0.2, 0.25) is 0 Å². The number of anilines is 1. The van der Waals surface area contributed by atoms with Gasteiger partial charge in [0.1, 0.15) is 0 Å². The lowest BCUT2D eigenvalue weighted by Gasteiger charge is -2.10. The fraction of sp³-hybridized carbons (Fsp3) is 0.647. The predicted molar refractivity (Wildman–Crippen MR) is 78.8 cm³/mol. The average Bonchev–Trinajstić information content (AvgIpc) is 2.81. The second-order valence-electron chi connectivity index (χ2n) is 6.81. The van der Waals surface area contributed by atoms with Crippen molar-refractivity contribution in [3.8, 4) is 0 Å². The summed E-state index contributed by atoms with van der Waals surface area (Å²) in [6.45, 7) is 1.18. The van der Waals surface area contributed by atoms with E-state index in [4.69, 9.17) is 5.73 Å². The summed E-state index contributed by atoms with van der Waals surface area (Å²) in [5.41, 5.74) is 7.97. The summed E-state index contributed by atoms with van der Waals surface area (Å²) in [6.07, 6.45) is 7.02. The first-order chi connectivity index (χ1) is 9.33. The van der Waals surface area contributed by atoms with Crippen LogP contribution < -0.4 is 11.1 Å². The van der Waals surface area contributed by atoms with Gasteiger partial charge in [0.25, 0.3) is 0 Å². The highest BCUT2D eigenvalue weighted by Crippen LogP contribution is 2.65. The molecular weight excluding hydrogens is 232 g/mol. The molecule has 1 aromatic rings. The molecule has 2 heteroatoms. The third-order valence-corrected chi connectivity index (χ3v) is 5.74. The molecule has 0 spiro atoms. The Bertz CT molecular complexity index is 437. The maximum Gasteiger partial charge on any atom is 0.0314 e. The maximum atomic E-state index is 5.70. The molecule has 3 aliphatic carbocycles. The molecular formula is C17H24N2. The van der Waals surface area contributed by atoms with Crippen LogP contribution in [0, 0.1) is 23.7 Å². The average molecular weight is 256 g/mol. The van der Waals surface area contributed by atoms with Gasteiger partial charge in [0, 0.05) is 11.7 Å². The molecule has 0 aromatic heterocycles. The first-order valence-electron chi connectivity index (χ1n) is 7.91. The molecule has 3 saturated carbocycles. The van der Waals surface area contributed by atoms with E-state index in [1.165, 1.54) is 37.8 Å². The van der Waals surface area contributed by atoms with Crippen molar-refractivity contribution in [1.82, 2.24) is 5.32 Å². The lowest BCUT2D eigenvalue weighted by molar-refractivity contribution is 0.456. The highest BCUT2D eigenvalue weighted by molar-refractivity contribution is 5.39. The van der Waals surface area contributed by atoms with E-state index in [-0.39, 0.29) is 0 Å². The molecule has 3 fully saturated rings. The number of benzene rings is 1. The van der Waals surface area contributed by atoms with Crippen LogP contribution in [0.25, 0.3) is 0 Å².